The predicted octanol–water partition coefficient (Wildman–Crippen LogP) is 4.53. The minimum atomic E-state index is -3.49. The number of benzene rings is 2. The summed E-state index contributed by atoms with van der Waals surface area (Å²) in [5, 5.41) is 11.5. The van der Waals surface area contributed by atoms with Crippen LogP contribution in [0.4, 0.5) is 15.9 Å². The van der Waals surface area contributed by atoms with Crippen LogP contribution in [-0.2, 0) is 9.84 Å². The number of halogens is 1. The molecule has 8 heteroatoms. The lowest BCUT2D eigenvalue weighted by Crippen LogP contribution is -1.99. The fourth-order valence-electron chi connectivity index (χ4n) is 3.56. The summed E-state index contributed by atoms with van der Waals surface area (Å²) in [5.41, 5.74) is 3.43. The van der Waals surface area contributed by atoms with Crippen LogP contribution < -0.4 is 5.32 Å². The van der Waals surface area contributed by atoms with E-state index >= 15 is 0 Å². The molecule has 0 unspecified atom stereocenters. The quantitative estimate of drug-likeness (QED) is 0.521. The average Bonchev–Trinajstić information content (AvgIpc) is 3.14. The molecule has 0 aliphatic carbocycles. The first kappa shape index (κ1) is 16.9. The summed E-state index contributed by atoms with van der Waals surface area (Å²) in [6.45, 7) is 3.42. The van der Waals surface area contributed by atoms with Crippen molar-refractivity contribution in [2.45, 2.75) is 18.7 Å². The number of nitrogens with zero attached hydrogens (tertiary/aromatic N) is 2. The highest BCUT2D eigenvalue weighted by atomic mass is 32.2. The van der Waals surface area contributed by atoms with Crippen LogP contribution >= 0.6 is 0 Å². The van der Waals surface area contributed by atoms with Gasteiger partial charge in [-0.05, 0) is 61.4 Å². The smallest absolute Gasteiger partial charge is 0.203 e. The fourth-order valence-corrected chi connectivity index (χ4v) is 5.18. The summed E-state index contributed by atoms with van der Waals surface area (Å²) < 4.78 is 39.1. The van der Waals surface area contributed by atoms with E-state index in [4.69, 9.17) is 0 Å². The number of rotatable bonds is 2. The maximum Gasteiger partial charge on any atom is 0.203 e. The maximum absolute atomic E-state index is 13.6. The molecule has 3 heterocycles. The van der Waals surface area contributed by atoms with Crippen LogP contribution in [0.3, 0.4) is 0 Å². The summed E-state index contributed by atoms with van der Waals surface area (Å²) in [4.78, 5) is 5.03. The Morgan fingerprint density at radius 1 is 1.07 bits per heavy atom. The first-order valence-electron chi connectivity index (χ1n) is 8.62. The van der Waals surface area contributed by atoms with Crippen molar-refractivity contribution in [3.63, 3.8) is 0 Å². The molecular weight excluding hydrogens is 379 g/mol. The minimum Gasteiger partial charge on any atom is -0.338 e. The number of nitrogens with one attached hydrogen (secondary N) is 2. The monoisotopic (exact) mass is 394 g/mol. The second-order valence-electron chi connectivity index (χ2n) is 6.80. The summed E-state index contributed by atoms with van der Waals surface area (Å²) in [6.07, 6.45) is 1.64. The minimum absolute atomic E-state index is 0.281. The van der Waals surface area contributed by atoms with Crippen molar-refractivity contribution in [1.82, 2.24) is 15.2 Å². The van der Waals surface area contributed by atoms with Crippen molar-refractivity contribution < 1.29 is 12.8 Å². The molecule has 2 N–H and O–H groups in total. The molecule has 2 aromatic carbocycles. The number of sulfone groups is 1. The average molecular weight is 394 g/mol. The Bertz CT molecular complexity index is 1440. The zero-order valence-electron chi connectivity index (χ0n) is 15.0. The fraction of sp³-hybridized carbons (Fsp3) is 0.100. The molecular formula is C20H15FN4O2S. The van der Waals surface area contributed by atoms with Gasteiger partial charge < -0.3 is 5.32 Å². The molecule has 0 amide bonds. The van der Waals surface area contributed by atoms with E-state index < -0.39 is 9.84 Å². The van der Waals surface area contributed by atoms with Crippen LogP contribution in [0.1, 0.15) is 19.4 Å². The van der Waals surface area contributed by atoms with Gasteiger partial charge in [0.05, 0.1) is 21.6 Å². The van der Waals surface area contributed by atoms with Gasteiger partial charge in [0.1, 0.15) is 5.82 Å². The second-order valence-corrected chi connectivity index (χ2v) is 8.85. The van der Waals surface area contributed by atoms with E-state index in [0.29, 0.717) is 43.8 Å². The largest absolute Gasteiger partial charge is 0.338 e. The van der Waals surface area contributed by atoms with Gasteiger partial charge in [0.15, 0.2) is 5.82 Å². The van der Waals surface area contributed by atoms with Gasteiger partial charge in [-0.15, -0.1) is 0 Å². The molecule has 0 fully saturated rings. The molecule has 0 atom stereocenters. The van der Waals surface area contributed by atoms with Crippen molar-refractivity contribution in [3.05, 3.63) is 58.9 Å². The van der Waals surface area contributed by atoms with E-state index in [0.717, 1.165) is 5.57 Å². The summed E-state index contributed by atoms with van der Waals surface area (Å²) in [6, 6.07) is 9.54. The third kappa shape index (κ3) is 2.27. The molecule has 2 aromatic heterocycles. The van der Waals surface area contributed by atoms with Gasteiger partial charge in [-0.1, -0.05) is 0 Å². The number of fused-ring (bicyclic) bond motifs is 3. The van der Waals surface area contributed by atoms with Crippen LogP contribution in [-0.4, -0.2) is 23.6 Å². The topological polar surface area (TPSA) is 87.7 Å². The van der Waals surface area contributed by atoms with Crippen LogP contribution in [0.25, 0.3) is 27.4 Å². The van der Waals surface area contributed by atoms with E-state index in [2.05, 4.69) is 20.5 Å². The van der Waals surface area contributed by atoms with E-state index in [1.165, 1.54) is 12.1 Å². The normalized spacial score (nSPS) is 15.4. The molecule has 0 saturated carbocycles. The van der Waals surface area contributed by atoms with Gasteiger partial charge in [-0.3, -0.25) is 10.1 Å². The van der Waals surface area contributed by atoms with E-state index in [9.17, 15) is 12.8 Å². The summed E-state index contributed by atoms with van der Waals surface area (Å²) in [5.74, 6) is 0.0910. The molecule has 1 aliphatic heterocycles. The van der Waals surface area contributed by atoms with Gasteiger partial charge in [0, 0.05) is 21.9 Å². The number of hydrogen-bond acceptors (Lipinski definition) is 5. The molecule has 140 valence electrons. The van der Waals surface area contributed by atoms with E-state index in [-0.39, 0.29) is 10.7 Å². The Balaban J connectivity index is 1.70. The lowest BCUT2D eigenvalue weighted by atomic mass is 10.0. The SMILES string of the molecule is CC1=C(C)S(=O)(=O)c2cc3c(Nc4n[nH]c5ccc(F)cc45)ccnc3cc21. The number of H-pyrrole nitrogens is 1. The number of hydrogen-bond donors (Lipinski definition) is 2. The molecule has 5 rings (SSSR count). The third-order valence-electron chi connectivity index (χ3n) is 5.25. The predicted molar refractivity (Wildman–Crippen MR) is 107 cm³/mol. The summed E-state index contributed by atoms with van der Waals surface area (Å²) in [7, 11) is -3.49. The third-order valence-corrected chi connectivity index (χ3v) is 7.27. The van der Waals surface area contributed by atoms with Crippen molar-refractivity contribution >= 4 is 48.7 Å². The van der Waals surface area contributed by atoms with Crippen LogP contribution in [0, 0.1) is 5.82 Å². The Morgan fingerprint density at radius 2 is 1.89 bits per heavy atom. The van der Waals surface area contributed by atoms with E-state index in [1.54, 1.807) is 44.3 Å². The molecule has 4 aromatic rings. The van der Waals surface area contributed by atoms with Gasteiger partial charge >= 0.3 is 0 Å². The number of aromatic nitrogens is 3. The first-order valence-corrected chi connectivity index (χ1v) is 10.1. The Labute approximate surface area is 160 Å². The van der Waals surface area contributed by atoms with Crippen LogP contribution in [0.2, 0.25) is 0 Å². The zero-order valence-corrected chi connectivity index (χ0v) is 15.9. The highest BCUT2D eigenvalue weighted by molar-refractivity contribution is 7.95. The summed E-state index contributed by atoms with van der Waals surface area (Å²) >= 11 is 0. The Kier molecular flexibility index (Phi) is 3.39. The number of aromatic amines is 1. The van der Waals surface area contributed by atoms with Crippen molar-refractivity contribution in [1.29, 1.82) is 0 Å². The van der Waals surface area contributed by atoms with Gasteiger partial charge in [0.2, 0.25) is 9.84 Å². The molecule has 0 saturated heterocycles. The Hall–Kier alpha value is -3.26. The van der Waals surface area contributed by atoms with Crippen LogP contribution in [0.15, 0.2) is 52.4 Å². The lowest BCUT2D eigenvalue weighted by molar-refractivity contribution is 0.603. The van der Waals surface area contributed by atoms with Crippen LogP contribution in [0.5, 0.6) is 0 Å². The van der Waals surface area contributed by atoms with E-state index in [1.807, 2.05) is 0 Å². The van der Waals surface area contributed by atoms with Crippen molar-refractivity contribution in [2.75, 3.05) is 5.32 Å². The van der Waals surface area contributed by atoms with Gasteiger partial charge in [-0.2, -0.15) is 5.10 Å². The number of anilines is 2. The van der Waals surface area contributed by atoms with Gasteiger partial charge in [0.25, 0.3) is 0 Å². The highest BCUT2D eigenvalue weighted by Gasteiger charge is 2.31. The number of allylic oxidation sites excluding steroid dienone is 2. The maximum atomic E-state index is 13.6. The second kappa shape index (κ2) is 5.62. The Morgan fingerprint density at radius 3 is 2.71 bits per heavy atom. The molecule has 0 spiro atoms. The van der Waals surface area contributed by atoms with Crippen molar-refractivity contribution in [2.24, 2.45) is 0 Å². The molecule has 6 nitrogen and oxygen atoms in total. The lowest BCUT2D eigenvalue weighted by Gasteiger charge is -2.10. The first-order chi connectivity index (χ1) is 13.4. The molecule has 0 bridgehead atoms. The number of pyridine rings is 1. The molecule has 1 aliphatic rings. The molecule has 0 radical (unpaired) electrons. The van der Waals surface area contributed by atoms with Gasteiger partial charge in [-0.25, -0.2) is 12.8 Å². The standard InChI is InChI=1S/C20H15FN4O2S/c1-10-11(2)28(26,27)19-9-14-16(5-6-22-18(14)8-13(10)19)23-20-15-7-12(21)3-4-17(15)24-25-20/h3-9H,1-2H3,(H2,22,23,24,25). The zero-order chi connectivity index (χ0) is 19.6. The van der Waals surface area contributed by atoms with Crippen molar-refractivity contribution in [3.8, 4) is 0 Å². The molecule has 28 heavy (non-hydrogen) atoms. The highest BCUT2D eigenvalue weighted by Crippen LogP contribution is 2.41.